The Morgan fingerprint density at radius 3 is 2.56 bits per heavy atom. The van der Waals surface area contributed by atoms with E-state index in [-0.39, 0.29) is 23.9 Å². The quantitative estimate of drug-likeness (QED) is 0.811. The Bertz CT molecular complexity index is 329. The van der Waals surface area contributed by atoms with Gasteiger partial charge in [-0.3, -0.25) is 4.79 Å². The van der Waals surface area contributed by atoms with Crippen LogP contribution in [0.3, 0.4) is 0 Å². The number of hydrogen-bond donors (Lipinski definition) is 2. The molecule has 1 heterocycles. The fourth-order valence-electron chi connectivity index (χ4n) is 1.82. The third-order valence-electron chi connectivity index (χ3n) is 3.37. The first-order valence-corrected chi connectivity index (χ1v) is 7.12. The topological polar surface area (TPSA) is 55.1 Å². The van der Waals surface area contributed by atoms with Crippen LogP contribution < -0.4 is 11.1 Å². The van der Waals surface area contributed by atoms with Crippen LogP contribution in [0.15, 0.2) is 16.8 Å². The Hall–Kier alpha value is -0.580. The minimum absolute atomic E-state index is 0. The minimum atomic E-state index is -0.217. The highest BCUT2D eigenvalue weighted by Gasteiger charge is 2.25. The van der Waals surface area contributed by atoms with E-state index in [2.05, 4.69) is 30.6 Å². The molecule has 0 spiro atoms. The number of thiophene rings is 1. The zero-order chi connectivity index (χ0) is 12.7. The fraction of sp³-hybridized carbons (Fsp3) is 0.615. The first-order valence-electron chi connectivity index (χ1n) is 6.18. The highest BCUT2D eigenvalue weighted by molar-refractivity contribution is 7.07. The summed E-state index contributed by atoms with van der Waals surface area (Å²) >= 11 is 1.67. The molecule has 1 amide bonds. The molecule has 0 aliphatic carbocycles. The van der Waals surface area contributed by atoms with Crippen LogP contribution >= 0.6 is 23.7 Å². The third-order valence-corrected chi connectivity index (χ3v) is 4.10. The summed E-state index contributed by atoms with van der Waals surface area (Å²) in [4.78, 5) is 11.9. The summed E-state index contributed by atoms with van der Waals surface area (Å²) in [6, 6.07) is 2.06. The monoisotopic (exact) mass is 290 g/mol. The molecule has 0 bridgehead atoms. The number of amides is 1. The van der Waals surface area contributed by atoms with Gasteiger partial charge in [-0.05, 0) is 41.7 Å². The molecule has 0 aliphatic rings. The summed E-state index contributed by atoms with van der Waals surface area (Å²) in [7, 11) is 0. The molecule has 0 atom stereocenters. The Kier molecular flexibility index (Phi) is 8.24. The molecule has 1 aromatic rings. The smallest absolute Gasteiger partial charge is 0.220 e. The molecule has 0 fully saturated rings. The van der Waals surface area contributed by atoms with Gasteiger partial charge in [-0.2, -0.15) is 11.3 Å². The number of rotatable bonds is 7. The van der Waals surface area contributed by atoms with Crippen molar-refractivity contribution in [1.29, 1.82) is 0 Å². The molecule has 1 aromatic heterocycles. The average molecular weight is 291 g/mol. The van der Waals surface area contributed by atoms with Gasteiger partial charge in [-0.15, -0.1) is 12.4 Å². The van der Waals surface area contributed by atoms with E-state index >= 15 is 0 Å². The van der Waals surface area contributed by atoms with Gasteiger partial charge in [0, 0.05) is 13.0 Å². The number of halogens is 1. The number of hydrogen-bond acceptors (Lipinski definition) is 3. The third kappa shape index (κ3) is 4.96. The lowest BCUT2D eigenvalue weighted by molar-refractivity contribution is -0.123. The van der Waals surface area contributed by atoms with E-state index in [1.54, 1.807) is 11.3 Å². The maximum atomic E-state index is 11.9. The van der Waals surface area contributed by atoms with Crippen molar-refractivity contribution in [3.8, 4) is 0 Å². The van der Waals surface area contributed by atoms with Crippen molar-refractivity contribution in [2.75, 3.05) is 6.54 Å². The van der Waals surface area contributed by atoms with E-state index < -0.39 is 0 Å². The normalized spacial score (nSPS) is 10.8. The summed E-state index contributed by atoms with van der Waals surface area (Å²) in [5.74, 6) is 0.102. The highest BCUT2D eigenvalue weighted by atomic mass is 35.5. The zero-order valence-electron chi connectivity index (χ0n) is 11.1. The second kappa shape index (κ2) is 8.51. The van der Waals surface area contributed by atoms with Crippen molar-refractivity contribution in [1.82, 2.24) is 5.32 Å². The molecule has 0 saturated carbocycles. The molecular formula is C13H23ClN2OS. The van der Waals surface area contributed by atoms with E-state index in [1.807, 2.05) is 5.38 Å². The standard InChI is InChI=1S/C13H22N2OS.ClH/c1-3-13(4-2,10-14)15-12(16)6-5-11-7-8-17-9-11;/h7-9H,3-6,10,14H2,1-2H3,(H,15,16);1H. The largest absolute Gasteiger partial charge is 0.349 e. The van der Waals surface area contributed by atoms with Gasteiger partial charge in [0.25, 0.3) is 0 Å². The van der Waals surface area contributed by atoms with Crippen LogP contribution in [-0.2, 0) is 11.2 Å². The number of nitrogens with one attached hydrogen (secondary N) is 1. The molecule has 104 valence electrons. The van der Waals surface area contributed by atoms with Crippen molar-refractivity contribution >= 4 is 29.7 Å². The fourth-order valence-corrected chi connectivity index (χ4v) is 2.52. The van der Waals surface area contributed by atoms with E-state index in [0.29, 0.717) is 13.0 Å². The van der Waals surface area contributed by atoms with Gasteiger partial charge in [0.2, 0.25) is 5.91 Å². The van der Waals surface area contributed by atoms with Gasteiger partial charge < -0.3 is 11.1 Å². The molecule has 0 aromatic carbocycles. The van der Waals surface area contributed by atoms with Crippen LogP contribution in [0.5, 0.6) is 0 Å². The van der Waals surface area contributed by atoms with Crippen molar-refractivity contribution in [2.24, 2.45) is 5.73 Å². The minimum Gasteiger partial charge on any atom is -0.349 e. The van der Waals surface area contributed by atoms with Crippen LogP contribution in [0.4, 0.5) is 0 Å². The number of aryl methyl sites for hydroxylation is 1. The van der Waals surface area contributed by atoms with Gasteiger partial charge in [-0.1, -0.05) is 13.8 Å². The molecule has 0 aliphatic heterocycles. The highest BCUT2D eigenvalue weighted by Crippen LogP contribution is 2.14. The average Bonchev–Trinajstić information content (AvgIpc) is 2.87. The van der Waals surface area contributed by atoms with Crippen molar-refractivity contribution in [3.05, 3.63) is 22.4 Å². The van der Waals surface area contributed by atoms with Gasteiger partial charge in [-0.25, -0.2) is 0 Å². The molecular weight excluding hydrogens is 268 g/mol. The van der Waals surface area contributed by atoms with E-state index in [0.717, 1.165) is 19.3 Å². The SMILES string of the molecule is CCC(CC)(CN)NC(=O)CCc1ccsc1.Cl. The van der Waals surface area contributed by atoms with E-state index in [4.69, 9.17) is 5.73 Å². The summed E-state index contributed by atoms with van der Waals surface area (Å²) in [6.07, 6.45) is 3.11. The predicted molar refractivity (Wildman–Crippen MR) is 80.4 cm³/mol. The second-order valence-electron chi connectivity index (χ2n) is 4.37. The Labute approximate surface area is 120 Å². The molecule has 5 heteroatoms. The summed E-state index contributed by atoms with van der Waals surface area (Å²) in [5, 5.41) is 7.21. The lowest BCUT2D eigenvalue weighted by Crippen LogP contribution is -2.52. The maximum Gasteiger partial charge on any atom is 0.220 e. The van der Waals surface area contributed by atoms with E-state index in [1.165, 1.54) is 5.56 Å². The Morgan fingerprint density at radius 1 is 1.44 bits per heavy atom. The number of carbonyl (C=O) groups excluding carboxylic acids is 1. The molecule has 3 N–H and O–H groups in total. The molecule has 0 radical (unpaired) electrons. The van der Waals surface area contributed by atoms with Crippen LogP contribution in [0.2, 0.25) is 0 Å². The first-order chi connectivity index (χ1) is 8.15. The van der Waals surface area contributed by atoms with Gasteiger partial charge in [0.05, 0.1) is 5.54 Å². The Morgan fingerprint density at radius 2 is 2.11 bits per heavy atom. The van der Waals surface area contributed by atoms with Crippen LogP contribution in [0, 0.1) is 0 Å². The lowest BCUT2D eigenvalue weighted by Gasteiger charge is -2.31. The van der Waals surface area contributed by atoms with Crippen molar-refractivity contribution < 1.29 is 4.79 Å². The van der Waals surface area contributed by atoms with Gasteiger partial charge in [0.15, 0.2) is 0 Å². The summed E-state index contributed by atoms with van der Waals surface area (Å²) < 4.78 is 0. The molecule has 18 heavy (non-hydrogen) atoms. The van der Waals surface area contributed by atoms with E-state index in [9.17, 15) is 4.79 Å². The van der Waals surface area contributed by atoms with Crippen molar-refractivity contribution in [2.45, 2.75) is 45.1 Å². The Balaban J connectivity index is 0.00000289. The predicted octanol–water partition coefficient (Wildman–Crippen LogP) is 2.74. The van der Waals surface area contributed by atoms with Crippen LogP contribution in [0.25, 0.3) is 0 Å². The van der Waals surface area contributed by atoms with Gasteiger partial charge in [0.1, 0.15) is 0 Å². The molecule has 3 nitrogen and oxygen atoms in total. The molecule has 1 rings (SSSR count). The second-order valence-corrected chi connectivity index (χ2v) is 5.15. The number of carbonyl (C=O) groups is 1. The molecule has 0 saturated heterocycles. The van der Waals surface area contributed by atoms with Crippen LogP contribution in [0.1, 0.15) is 38.7 Å². The summed E-state index contributed by atoms with van der Waals surface area (Å²) in [5.41, 5.74) is 6.77. The van der Waals surface area contributed by atoms with Crippen LogP contribution in [-0.4, -0.2) is 18.0 Å². The first kappa shape index (κ1) is 17.4. The van der Waals surface area contributed by atoms with Gasteiger partial charge >= 0.3 is 0 Å². The summed E-state index contributed by atoms with van der Waals surface area (Å²) in [6.45, 7) is 4.63. The zero-order valence-corrected chi connectivity index (χ0v) is 12.7. The lowest BCUT2D eigenvalue weighted by atomic mass is 9.92. The van der Waals surface area contributed by atoms with Crippen molar-refractivity contribution in [3.63, 3.8) is 0 Å². The molecule has 0 unspecified atom stereocenters. The maximum absolute atomic E-state index is 11.9. The number of nitrogens with two attached hydrogens (primary N) is 1.